The van der Waals surface area contributed by atoms with Crippen molar-refractivity contribution in [1.82, 2.24) is 0 Å². The van der Waals surface area contributed by atoms with Gasteiger partial charge in [0.15, 0.2) is 0 Å². The number of ether oxygens (including phenoxy) is 1. The maximum Gasteiger partial charge on any atom is 0.303 e. The molecule has 0 heterocycles. The average molecular weight is 441 g/mol. The molecule has 3 aromatic rings. The first-order chi connectivity index (χ1) is 14.1. The molecule has 0 amide bonds. The number of hydrogen-bond donors (Lipinski definition) is 0. The van der Waals surface area contributed by atoms with Crippen molar-refractivity contribution in [3.8, 4) is 0 Å². The third-order valence-corrected chi connectivity index (χ3v) is 6.58. The zero-order valence-corrected chi connectivity index (χ0v) is 18.3. The molecule has 1 atom stereocenters. The van der Waals surface area contributed by atoms with Crippen molar-refractivity contribution in [2.45, 2.75) is 29.2 Å². The van der Waals surface area contributed by atoms with Crippen LogP contribution in [0.25, 0.3) is 0 Å². The molecule has 0 bridgehead atoms. The van der Waals surface area contributed by atoms with E-state index in [0.29, 0.717) is 11.4 Å². The summed E-state index contributed by atoms with van der Waals surface area (Å²) < 4.78 is 6.70. The highest BCUT2D eigenvalue weighted by atomic mass is 35.5. The Morgan fingerprint density at radius 2 is 1.41 bits per heavy atom. The van der Waals surface area contributed by atoms with Crippen LogP contribution < -0.4 is 0 Å². The lowest BCUT2D eigenvalue weighted by molar-refractivity contribution is -0.146. The highest BCUT2D eigenvalue weighted by Gasteiger charge is 2.17. The minimum Gasteiger partial charge on any atom is -0.457 e. The van der Waals surface area contributed by atoms with Crippen molar-refractivity contribution in [3.05, 3.63) is 106 Å². The fourth-order valence-corrected chi connectivity index (χ4v) is 5.10. The van der Waals surface area contributed by atoms with Gasteiger partial charge in [0.2, 0.25) is 0 Å². The monoisotopic (exact) mass is 440 g/mol. The molecule has 2 nitrogen and oxygen atoms in total. The molecule has 29 heavy (non-hydrogen) atoms. The SMILES string of the molecule is CC(=O)O[C@H](CC=C(Sc1ccccc1)Sc1ccccc1)c1ccccc1Cl. The second kappa shape index (κ2) is 11.1. The number of carbonyl (C=O) groups excluding carboxylic acids is 1. The molecule has 5 heteroatoms. The summed E-state index contributed by atoms with van der Waals surface area (Å²) in [5.74, 6) is -0.323. The van der Waals surface area contributed by atoms with Crippen molar-refractivity contribution >= 4 is 41.1 Å². The smallest absolute Gasteiger partial charge is 0.303 e. The van der Waals surface area contributed by atoms with Gasteiger partial charge < -0.3 is 4.74 Å². The molecule has 0 saturated carbocycles. The predicted molar refractivity (Wildman–Crippen MR) is 123 cm³/mol. The molecule has 0 saturated heterocycles. The van der Waals surface area contributed by atoms with E-state index in [0.717, 1.165) is 19.6 Å². The van der Waals surface area contributed by atoms with Gasteiger partial charge in [-0.05, 0) is 30.3 Å². The minimum atomic E-state index is -0.427. The summed E-state index contributed by atoms with van der Waals surface area (Å²) >= 11 is 9.74. The zero-order chi connectivity index (χ0) is 20.5. The molecule has 0 N–H and O–H groups in total. The summed E-state index contributed by atoms with van der Waals surface area (Å²) in [6.45, 7) is 1.42. The Labute approximate surface area is 185 Å². The zero-order valence-electron chi connectivity index (χ0n) is 16.0. The third kappa shape index (κ3) is 7.00. The van der Waals surface area contributed by atoms with Crippen LogP contribution in [0.15, 0.2) is 105 Å². The summed E-state index contributed by atoms with van der Waals surface area (Å²) in [4.78, 5) is 14.0. The summed E-state index contributed by atoms with van der Waals surface area (Å²) in [6, 6.07) is 27.9. The van der Waals surface area contributed by atoms with Gasteiger partial charge in [0.05, 0.1) is 0 Å². The van der Waals surface area contributed by atoms with Crippen LogP contribution in [0.2, 0.25) is 5.02 Å². The first-order valence-corrected chi connectivity index (χ1v) is 11.2. The standard InChI is InChI=1S/C24H21ClO2S2/c1-18(26)27-23(21-14-8-9-15-22(21)25)16-17-24(28-19-10-4-2-5-11-19)29-20-12-6-3-7-13-20/h2-15,17,23H,16H2,1H3/t23-/m1/s1. The lowest BCUT2D eigenvalue weighted by Gasteiger charge is -2.18. The van der Waals surface area contributed by atoms with Gasteiger partial charge in [-0.3, -0.25) is 4.79 Å². The van der Waals surface area contributed by atoms with E-state index in [9.17, 15) is 4.79 Å². The summed E-state index contributed by atoms with van der Waals surface area (Å²) in [7, 11) is 0. The van der Waals surface area contributed by atoms with E-state index in [-0.39, 0.29) is 5.97 Å². The van der Waals surface area contributed by atoms with Crippen LogP contribution in [-0.4, -0.2) is 5.97 Å². The van der Waals surface area contributed by atoms with E-state index in [1.807, 2.05) is 60.7 Å². The normalized spacial score (nSPS) is 11.5. The lowest BCUT2D eigenvalue weighted by Crippen LogP contribution is -2.08. The number of thioether (sulfide) groups is 2. The first kappa shape index (κ1) is 21.6. The molecule has 0 radical (unpaired) electrons. The maximum atomic E-state index is 11.7. The van der Waals surface area contributed by atoms with Crippen LogP contribution in [0.3, 0.4) is 0 Å². The van der Waals surface area contributed by atoms with Crippen LogP contribution in [0.4, 0.5) is 0 Å². The molecule has 0 aromatic heterocycles. The van der Waals surface area contributed by atoms with E-state index >= 15 is 0 Å². The Bertz CT molecular complexity index is 915. The fourth-order valence-electron chi connectivity index (χ4n) is 2.69. The van der Waals surface area contributed by atoms with E-state index in [4.69, 9.17) is 16.3 Å². The van der Waals surface area contributed by atoms with Crippen LogP contribution in [-0.2, 0) is 9.53 Å². The largest absolute Gasteiger partial charge is 0.457 e. The molecule has 3 rings (SSSR count). The number of hydrogen-bond acceptors (Lipinski definition) is 4. The van der Waals surface area contributed by atoms with Crippen LogP contribution in [0, 0.1) is 0 Å². The lowest BCUT2D eigenvalue weighted by atomic mass is 10.1. The predicted octanol–water partition coefficient (Wildman–Crippen LogP) is 7.76. The van der Waals surface area contributed by atoms with Gasteiger partial charge in [-0.15, -0.1) is 0 Å². The van der Waals surface area contributed by atoms with Crippen molar-refractivity contribution in [1.29, 1.82) is 0 Å². The van der Waals surface area contributed by atoms with E-state index in [1.165, 1.54) is 6.92 Å². The summed E-state index contributed by atoms with van der Waals surface area (Å²) in [6.07, 6.45) is 2.23. The molecule has 148 valence electrons. The Kier molecular flexibility index (Phi) is 8.29. The Balaban J connectivity index is 1.85. The molecule has 3 aromatic carbocycles. The van der Waals surface area contributed by atoms with Gasteiger partial charge in [0.1, 0.15) is 6.10 Å². The number of esters is 1. The quantitative estimate of drug-likeness (QED) is 0.264. The van der Waals surface area contributed by atoms with Crippen molar-refractivity contribution in [2.24, 2.45) is 0 Å². The highest BCUT2D eigenvalue weighted by Crippen LogP contribution is 2.40. The molecule has 0 aliphatic carbocycles. The topological polar surface area (TPSA) is 26.3 Å². The van der Waals surface area contributed by atoms with Crippen molar-refractivity contribution in [2.75, 3.05) is 0 Å². The number of benzene rings is 3. The van der Waals surface area contributed by atoms with Gasteiger partial charge in [0.25, 0.3) is 0 Å². The van der Waals surface area contributed by atoms with Gasteiger partial charge in [0, 0.05) is 38.0 Å². The molecule has 0 fully saturated rings. The molecular weight excluding hydrogens is 420 g/mol. The molecule has 0 aliphatic rings. The third-order valence-electron chi connectivity index (χ3n) is 3.98. The Morgan fingerprint density at radius 1 is 0.897 bits per heavy atom. The van der Waals surface area contributed by atoms with E-state index < -0.39 is 6.10 Å². The van der Waals surface area contributed by atoms with Crippen molar-refractivity contribution in [3.63, 3.8) is 0 Å². The summed E-state index contributed by atoms with van der Waals surface area (Å²) in [5.41, 5.74) is 0.814. The maximum absolute atomic E-state index is 11.7. The number of carbonyl (C=O) groups is 1. The Morgan fingerprint density at radius 3 is 1.93 bits per heavy atom. The van der Waals surface area contributed by atoms with Crippen LogP contribution >= 0.6 is 35.1 Å². The first-order valence-electron chi connectivity index (χ1n) is 9.19. The second-order valence-corrected chi connectivity index (χ2v) is 9.11. The summed E-state index contributed by atoms with van der Waals surface area (Å²) in [5, 5.41) is 0.597. The fraction of sp³-hybridized carbons (Fsp3) is 0.125. The van der Waals surface area contributed by atoms with E-state index in [2.05, 4.69) is 30.3 Å². The average Bonchev–Trinajstić information content (AvgIpc) is 2.73. The van der Waals surface area contributed by atoms with Gasteiger partial charge in [-0.25, -0.2) is 0 Å². The molecule has 0 aliphatic heterocycles. The second-order valence-electron chi connectivity index (χ2n) is 6.21. The highest BCUT2D eigenvalue weighted by molar-refractivity contribution is 8.22. The van der Waals surface area contributed by atoms with Gasteiger partial charge in [-0.1, -0.05) is 95.8 Å². The number of halogens is 1. The number of rotatable bonds is 8. The van der Waals surface area contributed by atoms with E-state index in [1.54, 1.807) is 23.5 Å². The molecule has 0 spiro atoms. The minimum absolute atomic E-state index is 0.323. The van der Waals surface area contributed by atoms with Crippen molar-refractivity contribution < 1.29 is 9.53 Å². The molecule has 0 unspecified atom stereocenters. The molecular formula is C24H21ClO2S2. The van der Waals surface area contributed by atoms with Gasteiger partial charge >= 0.3 is 5.97 Å². The van der Waals surface area contributed by atoms with Gasteiger partial charge in [-0.2, -0.15) is 0 Å². The van der Waals surface area contributed by atoms with Crippen LogP contribution in [0.5, 0.6) is 0 Å². The van der Waals surface area contributed by atoms with Crippen LogP contribution in [0.1, 0.15) is 25.0 Å². The Hall–Kier alpha value is -2.14.